The van der Waals surface area contributed by atoms with E-state index >= 15 is 0 Å². The van der Waals surface area contributed by atoms with Crippen molar-refractivity contribution in [3.05, 3.63) is 72.3 Å². The van der Waals surface area contributed by atoms with Crippen LogP contribution in [0.3, 0.4) is 0 Å². The van der Waals surface area contributed by atoms with Crippen LogP contribution in [0.2, 0.25) is 0 Å². The lowest BCUT2D eigenvalue weighted by Gasteiger charge is -2.36. The van der Waals surface area contributed by atoms with Crippen LogP contribution in [0, 0.1) is 0 Å². The van der Waals surface area contributed by atoms with Gasteiger partial charge in [-0.1, -0.05) is 18.2 Å². The molecular formula is C26H26F3N3O. The predicted molar refractivity (Wildman–Crippen MR) is 126 cm³/mol. The Morgan fingerprint density at radius 3 is 2.30 bits per heavy atom. The fourth-order valence-corrected chi connectivity index (χ4v) is 4.49. The molecule has 33 heavy (non-hydrogen) atoms. The Kier molecular flexibility index (Phi) is 5.89. The number of hydrogen-bond acceptors (Lipinski definition) is 3. The molecule has 0 amide bonds. The third-order valence-corrected chi connectivity index (χ3v) is 6.30. The Balaban J connectivity index is 1.08. The number of aromatic amines is 1. The van der Waals surface area contributed by atoms with E-state index in [0.29, 0.717) is 6.61 Å². The lowest BCUT2D eigenvalue weighted by Crippen LogP contribution is -2.46. The number of H-pyrrole nitrogens is 1. The van der Waals surface area contributed by atoms with Crippen molar-refractivity contribution in [1.82, 2.24) is 9.88 Å². The van der Waals surface area contributed by atoms with Gasteiger partial charge in [-0.25, -0.2) is 0 Å². The van der Waals surface area contributed by atoms with Gasteiger partial charge in [0.2, 0.25) is 0 Å². The minimum absolute atomic E-state index is 0.603. The number of fused-ring (bicyclic) bond motifs is 3. The average molecular weight is 454 g/mol. The molecule has 4 aromatic rings. The minimum atomic E-state index is -4.29. The van der Waals surface area contributed by atoms with Gasteiger partial charge in [-0.2, -0.15) is 13.2 Å². The molecule has 1 aliphatic rings. The average Bonchev–Trinajstić information content (AvgIpc) is 3.20. The van der Waals surface area contributed by atoms with Crippen molar-refractivity contribution < 1.29 is 17.9 Å². The summed E-state index contributed by atoms with van der Waals surface area (Å²) in [6, 6.07) is 19.9. The Bertz CT molecular complexity index is 1230. The zero-order chi connectivity index (χ0) is 22.8. The van der Waals surface area contributed by atoms with Crippen molar-refractivity contribution in [3.63, 3.8) is 0 Å². The molecule has 0 unspecified atom stereocenters. The Hall–Kier alpha value is -3.19. The van der Waals surface area contributed by atoms with Gasteiger partial charge in [0.1, 0.15) is 5.75 Å². The monoisotopic (exact) mass is 453 g/mol. The summed E-state index contributed by atoms with van der Waals surface area (Å²) in [5, 5.41) is 2.42. The SMILES string of the molecule is FC(F)(F)c1ccc(N2CCN(CCCOc3ccc4c(c3)[nH]c3ccccc34)CC2)cc1. The summed E-state index contributed by atoms with van der Waals surface area (Å²) < 4.78 is 44.2. The number of para-hydroxylation sites is 1. The van der Waals surface area contributed by atoms with E-state index < -0.39 is 11.7 Å². The highest BCUT2D eigenvalue weighted by Gasteiger charge is 2.30. The quantitative estimate of drug-likeness (QED) is 0.367. The maximum atomic E-state index is 12.7. The third-order valence-electron chi connectivity index (χ3n) is 6.30. The number of nitrogens with zero attached hydrogens (tertiary/aromatic N) is 2. The van der Waals surface area contributed by atoms with Crippen LogP contribution in [0.1, 0.15) is 12.0 Å². The number of piperazine rings is 1. The van der Waals surface area contributed by atoms with Gasteiger partial charge in [-0.3, -0.25) is 4.90 Å². The molecule has 0 atom stereocenters. The van der Waals surface area contributed by atoms with Crippen LogP contribution >= 0.6 is 0 Å². The molecule has 1 aliphatic heterocycles. The molecule has 1 saturated heterocycles. The predicted octanol–water partition coefficient (Wildman–Crippen LogP) is 5.93. The summed E-state index contributed by atoms with van der Waals surface area (Å²) in [6.45, 7) is 4.98. The second kappa shape index (κ2) is 8.98. The summed E-state index contributed by atoms with van der Waals surface area (Å²) in [5.41, 5.74) is 2.44. The highest BCUT2D eigenvalue weighted by Crippen LogP contribution is 2.31. The molecule has 3 aromatic carbocycles. The number of aromatic nitrogens is 1. The van der Waals surface area contributed by atoms with Gasteiger partial charge in [0.15, 0.2) is 0 Å². The first-order chi connectivity index (χ1) is 16.0. The minimum Gasteiger partial charge on any atom is -0.493 e. The van der Waals surface area contributed by atoms with Crippen LogP contribution in [0.4, 0.5) is 18.9 Å². The van der Waals surface area contributed by atoms with E-state index in [1.54, 1.807) is 12.1 Å². The van der Waals surface area contributed by atoms with Crippen LogP contribution in [-0.4, -0.2) is 49.2 Å². The zero-order valence-electron chi connectivity index (χ0n) is 18.2. The fourth-order valence-electron chi connectivity index (χ4n) is 4.49. The molecule has 5 rings (SSSR count). The van der Waals surface area contributed by atoms with Crippen molar-refractivity contribution in [1.29, 1.82) is 0 Å². The van der Waals surface area contributed by atoms with Crippen molar-refractivity contribution in [3.8, 4) is 5.75 Å². The standard InChI is InChI=1S/C26H26F3N3O/c27-26(28,29)19-6-8-20(9-7-19)32-15-13-31(14-16-32)12-3-17-33-21-10-11-23-22-4-1-2-5-24(22)30-25(23)18-21/h1-2,4-11,18,30H,3,12-17H2. The Morgan fingerprint density at radius 2 is 1.55 bits per heavy atom. The van der Waals surface area contributed by atoms with Crippen LogP contribution in [0.25, 0.3) is 21.8 Å². The summed E-state index contributed by atoms with van der Waals surface area (Å²) in [6.07, 6.45) is -3.37. The molecule has 0 radical (unpaired) electrons. The van der Waals surface area contributed by atoms with Gasteiger partial charge in [0.05, 0.1) is 17.7 Å². The molecule has 0 spiro atoms. The molecule has 1 aromatic heterocycles. The van der Waals surface area contributed by atoms with Gasteiger partial charge < -0.3 is 14.6 Å². The molecule has 7 heteroatoms. The highest BCUT2D eigenvalue weighted by molar-refractivity contribution is 6.07. The van der Waals surface area contributed by atoms with Gasteiger partial charge >= 0.3 is 6.18 Å². The Labute approximate surface area is 190 Å². The molecule has 0 bridgehead atoms. The van der Waals surface area contributed by atoms with Gasteiger partial charge in [0, 0.05) is 60.8 Å². The van der Waals surface area contributed by atoms with Crippen molar-refractivity contribution in [2.45, 2.75) is 12.6 Å². The fraction of sp³-hybridized carbons (Fsp3) is 0.308. The highest BCUT2D eigenvalue weighted by atomic mass is 19.4. The number of alkyl halides is 3. The van der Waals surface area contributed by atoms with Crippen LogP contribution in [-0.2, 0) is 6.18 Å². The van der Waals surface area contributed by atoms with E-state index in [0.717, 1.165) is 73.7 Å². The number of hydrogen-bond donors (Lipinski definition) is 1. The van der Waals surface area contributed by atoms with E-state index in [1.165, 1.54) is 10.8 Å². The lowest BCUT2D eigenvalue weighted by molar-refractivity contribution is -0.137. The van der Waals surface area contributed by atoms with E-state index in [4.69, 9.17) is 4.74 Å². The molecule has 2 heterocycles. The van der Waals surface area contributed by atoms with Crippen LogP contribution in [0.5, 0.6) is 5.75 Å². The Morgan fingerprint density at radius 1 is 0.818 bits per heavy atom. The number of benzene rings is 3. The van der Waals surface area contributed by atoms with E-state index in [9.17, 15) is 13.2 Å². The molecule has 1 N–H and O–H groups in total. The normalized spacial score (nSPS) is 15.4. The number of halogens is 3. The first kappa shape index (κ1) is 21.6. The molecular weight excluding hydrogens is 427 g/mol. The topological polar surface area (TPSA) is 31.5 Å². The first-order valence-electron chi connectivity index (χ1n) is 11.3. The second-order valence-corrected chi connectivity index (χ2v) is 8.45. The summed E-state index contributed by atoms with van der Waals surface area (Å²) in [7, 11) is 0. The maximum Gasteiger partial charge on any atom is 0.416 e. The van der Waals surface area contributed by atoms with E-state index in [2.05, 4.69) is 39.0 Å². The number of ether oxygens (including phenoxy) is 1. The summed E-state index contributed by atoms with van der Waals surface area (Å²) in [5.74, 6) is 0.862. The van der Waals surface area contributed by atoms with Crippen molar-refractivity contribution in [2.24, 2.45) is 0 Å². The first-order valence-corrected chi connectivity index (χ1v) is 11.3. The lowest BCUT2D eigenvalue weighted by atomic mass is 10.1. The summed E-state index contributed by atoms with van der Waals surface area (Å²) >= 11 is 0. The number of anilines is 1. The van der Waals surface area contributed by atoms with Gasteiger partial charge in [-0.05, 0) is 48.9 Å². The maximum absolute atomic E-state index is 12.7. The van der Waals surface area contributed by atoms with Crippen LogP contribution in [0.15, 0.2) is 66.7 Å². The van der Waals surface area contributed by atoms with E-state index in [1.807, 2.05) is 18.2 Å². The van der Waals surface area contributed by atoms with Crippen molar-refractivity contribution in [2.75, 3.05) is 44.2 Å². The van der Waals surface area contributed by atoms with Crippen LogP contribution < -0.4 is 9.64 Å². The number of rotatable bonds is 6. The van der Waals surface area contributed by atoms with Crippen molar-refractivity contribution >= 4 is 27.5 Å². The molecule has 1 fully saturated rings. The van der Waals surface area contributed by atoms with Gasteiger partial charge in [-0.15, -0.1) is 0 Å². The zero-order valence-corrected chi connectivity index (χ0v) is 18.2. The summed E-state index contributed by atoms with van der Waals surface area (Å²) in [4.78, 5) is 7.96. The number of nitrogens with one attached hydrogen (secondary N) is 1. The van der Waals surface area contributed by atoms with E-state index in [-0.39, 0.29) is 0 Å². The molecule has 0 saturated carbocycles. The smallest absolute Gasteiger partial charge is 0.416 e. The largest absolute Gasteiger partial charge is 0.493 e. The van der Waals surface area contributed by atoms with Gasteiger partial charge in [0.25, 0.3) is 0 Å². The molecule has 0 aliphatic carbocycles. The second-order valence-electron chi connectivity index (χ2n) is 8.45. The molecule has 172 valence electrons. The third kappa shape index (κ3) is 4.78. The molecule has 4 nitrogen and oxygen atoms in total.